The normalized spacial score (nSPS) is 10.7. The summed E-state index contributed by atoms with van der Waals surface area (Å²) in [5.41, 5.74) is 4.64. The lowest BCUT2D eigenvalue weighted by Gasteiger charge is -2.09. The van der Waals surface area contributed by atoms with Crippen LogP contribution in [0.2, 0.25) is 0 Å². The van der Waals surface area contributed by atoms with E-state index in [1.54, 1.807) is 31.7 Å². The number of methoxy groups -OCH3 is 1. The molecule has 0 bridgehead atoms. The van der Waals surface area contributed by atoms with E-state index in [1.165, 1.54) is 5.56 Å². The molecule has 3 aromatic rings. The number of amides is 1. The second kappa shape index (κ2) is 9.50. The van der Waals surface area contributed by atoms with Crippen molar-refractivity contribution in [3.8, 4) is 11.6 Å². The minimum atomic E-state index is -0.211. The zero-order valence-electron chi connectivity index (χ0n) is 16.7. The minimum absolute atomic E-state index is 0.0735. The van der Waals surface area contributed by atoms with Gasteiger partial charge in [-0.05, 0) is 60.9 Å². The van der Waals surface area contributed by atoms with E-state index in [9.17, 15) is 4.79 Å². The third-order valence-corrected chi connectivity index (χ3v) is 4.31. The van der Waals surface area contributed by atoms with Gasteiger partial charge in [0.05, 0.1) is 19.0 Å². The molecule has 0 fully saturated rings. The monoisotopic (exact) mass is 389 g/mol. The van der Waals surface area contributed by atoms with Crippen molar-refractivity contribution in [2.75, 3.05) is 19.0 Å². The summed E-state index contributed by atoms with van der Waals surface area (Å²) >= 11 is 0. The largest absolute Gasteiger partial charge is 0.484 e. The first-order chi connectivity index (χ1) is 14.0. The highest BCUT2D eigenvalue weighted by atomic mass is 16.5. The fraction of sp³-hybridized carbons (Fsp3) is 0.174. The number of rotatable bonds is 7. The molecule has 0 spiro atoms. The van der Waals surface area contributed by atoms with Crippen LogP contribution < -0.4 is 14.8 Å². The summed E-state index contributed by atoms with van der Waals surface area (Å²) in [5.74, 6) is 0.923. The molecule has 1 N–H and O–H groups in total. The fourth-order valence-corrected chi connectivity index (χ4v) is 2.57. The number of aliphatic imine (C=N–C) groups is 1. The third-order valence-electron chi connectivity index (χ3n) is 4.31. The van der Waals surface area contributed by atoms with Gasteiger partial charge in [-0.15, -0.1) is 0 Å². The molecule has 1 aromatic heterocycles. The Hall–Kier alpha value is -3.67. The number of nitrogens with one attached hydrogen (secondary N) is 1. The number of nitrogens with zero attached hydrogens (tertiary/aromatic N) is 2. The Morgan fingerprint density at radius 2 is 1.97 bits per heavy atom. The second-order valence-electron chi connectivity index (χ2n) is 6.53. The molecule has 2 aromatic carbocycles. The van der Waals surface area contributed by atoms with Gasteiger partial charge in [-0.25, -0.2) is 4.98 Å². The van der Waals surface area contributed by atoms with Crippen LogP contribution in [0.25, 0.3) is 0 Å². The molecule has 6 heteroatoms. The maximum atomic E-state index is 12.2. The van der Waals surface area contributed by atoms with Crippen LogP contribution in [0.4, 0.5) is 11.4 Å². The van der Waals surface area contributed by atoms with E-state index in [1.807, 2.05) is 56.3 Å². The predicted molar refractivity (Wildman–Crippen MR) is 115 cm³/mol. The Morgan fingerprint density at radius 3 is 2.69 bits per heavy atom. The summed E-state index contributed by atoms with van der Waals surface area (Å²) in [6.07, 6.45) is 3.35. The summed E-state index contributed by atoms with van der Waals surface area (Å²) in [7, 11) is 1.57. The molecule has 29 heavy (non-hydrogen) atoms. The van der Waals surface area contributed by atoms with Crippen molar-refractivity contribution >= 4 is 23.5 Å². The lowest BCUT2D eigenvalue weighted by atomic mass is 10.1. The molecule has 0 aliphatic carbocycles. The first-order valence-corrected chi connectivity index (χ1v) is 9.17. The van der Waals surface area contributed by atoms with Crippen LogP contribution in [-0.4, -0.2) is 30.8 Å². The van der Waals surface area contributed by atoms with Crippen molar-refractivity contribution < 1.29 is 14.3 Å². The first-order valence-electron chi connectivity index (χ1n) is 9.17. The van der Waals surface area contributed by atoms with Crippen molar-refractivity contribution in [3.63, 3.8) is 0 Å². The highest BCUT2D eigenvalue weighted by molar-refractivity contribution is 5.92. The molecule has 0 atom stereocenters. The van der Waals surface area contributed by atoms with Gasteiger partial charge in [0, 0.05) is 18.0 Å². The highest BCUT2D eigenvalue weighted by Gasteiger charge is 2.05. The van der Waals surface area contributed by atoms with Crippen LogP contribution >= 0.6 is 0 Å². The Labute approximate surface area is 170 Å². The van der Waals surface area contributed by atoms with E-state index in [0.717, 1.165) is 16.8 Å². The standard InChI is InChI=1S/C23H23N3O3/c1-16-7-8-19(11-17(16)2)26-22(27)15-29-21-6-4-5-18(12-21)13-24-20-9-10-23(28-3)25-14-20/h4-14H,15H2,1-3H3,(H,26,27). The SMILES string of the molecule is COc1ccc(N=Cc2cccc(OCC(=O)Nc3ccc(C)c(C)c3)c2)cn1. The zero-order valence-corrected chi connectivity index (χ0v) is 16.7. The van der Waals surface area contributed by atoms with E-state index in [0.29, 0.717) is 17.3 Å². The smallest absolute Gasteiger partial charge is 0.262 e. The topological polar surface area (TPSA) is 72.8 Å². The van der Waals surface area contributed by atoms with Crippen molar-refractivity contribution in [1.29, 1.82) is 0 Å². The van der Waals surface area contributed by atoms with Crippen LogP contribution in [-0.2, 0) is 4.79 Å². The first kappa shape index (κ1) is 20.1. The van der Waals surface area contributed by atoms with Crippen molar-refractivity contribution in [1.82, 2.24) is 4.98 Å². The number of carbonyl (C=O) groups is 1. The molecule has 0 saturated carbocycles. The van der Waals surface area contributed by atoms with Crippen molar-refractivity contribution in [3.05, 3.63) is 77.5 Å². The van der Waals surface area contributed by atoms with E-state index >= 15 is 0 Å². The lowest BCUT2D eigenvalue weighted by molar-refractivity contribution is -0.118. The Bertz CT molecular complexity index is 1010. The van der Waals surface area contributed by atoms with Gasteiger partial charge >= 0.3 is 0 Å². The number of pyridine rings is 1. The Balaban J connectivity index is 1.56. The Kier molecular flexibility index (Phi) is 6.58. The number of aryl methyl sites for hydroxylation is 2. The van der Waals surface area contributed by atoms with Crippen LogP contribution in [0.1, 0.15) is 16.7 Å². The predicted octanol–water partition coefficient (Wildman–Crippen LogP) is 4.48. The van der Waals surface area contributed by atoms with Crippen LogP contribution in [0.15, 0.2) is 65.8 Å². The Morgan fingerprint density at radius 1 is 1.10 bits per heavy atom. The van der Waals surface area contributed by atoms with Crippen molar-refractivity contribution in [2.24, 2.45) is 4.99 Å². The van der Waals surface area contributed by atoms with Gasteiger partial charge in [0.25, 0.3) is 5.91 Å². The highest BCUT2D eigenvalue weighted by Crippen LogP contribution is 2.17. The molecule has 3 rings (SSSR count). The van der Waals surface area contributed by atoms with Gasteiger partial charge < -0.3 is 14.8 Å². The summed E-state index contributed by atoms with van der Waals surface area (Å²) < 4.78 is 10.6. The molecule has 0 saturated heterocycles. The molecule has 0 radical (unpaired) electrons. The molecule has 1 heterocycles. The maximum Gasteiger partial charge on any atom is 0.262 e. The number of carbonyl (C=O) groups excluding carboxylic acids is 1. The molecule has 0 aliphatic rings. The number of anilines is 1. The van der Waals surface area contributed by atoms with Gasteiger partial charge in [-0.3, -0.25) is 9.79 Å². The van der Waals surface area contributed by atoms with E-state index < -0.39 is 0 Å². The molecular weight excluding hydrogens is 366 g/mol. The van der Waals surface area contributed by atoms with Gasteiger partial charge in [0.15, 0.2) is 6.61 Å². The number of hydrogen-bond acceptors (Lipinski definition) is 5. The fourth-order valence-electron chi connectivity index (χ4n) is 2.57. The zero-order chi connectivity index (χ0) is 20.6. The summed E-state index contributed by atoms with van der Waals surface area (Å²) in [5, 5.41) is 2.84. The average Bonchev–Trinajstić information content (AvgIpc) is 2.74. The van der Waals surface area contributed by atoms with E-state index in [2.05, 4.69) is 15.3 Å². The number of ether oxygens (including phenoxy) is 2. The van der Waals surface area contributed by atoms with Crippen LogP contribution in [0, 0.1) is 13.8 Å². The molecule has 148 valence electrons. The van der Waals surface area contributed by atoms with Crippen LogP contribution in [0.3, 0.4) is 0 Å². The third kappa shape index (κ3) is 5.90. The van der Waals surface area contributed by atoms with E-state index in [-0.39, 0.29) is 12.5 Å². The quantitative estimate of drug-likeness (QED) is 0.605. The molecule has 6 nitrogen and oxygen atoms in total. The molecule has 0 unspecified atom stereocenters. The van der Waals surface area contributed by atoms with E-state index in [4.69, 9.17) is 9.47 Å². The molecule has 0 aliphatic heterocycles. The van der Waals surface area contributed by atoms with Gasteiger partial charge in [-0.2, -0.15) is 0 Å². The number of aromatic nitrogens is 1. The van der Waals surface area contributed by atoms with Gasteiger partial charge in [0.2, 0.25) is 5.88 Å². The molecule has 1 amide bonds. The number of benzene rings is 2. The minimum Gasteiger partial charge on any atom is -0.484 e. The van der Waals surface area contributed by atoms with Crippen molar-refractivity contribution in [2.45, 2.75) is 13.8 Å². The summed E-state index contributed by atoms with van der Waals surface area (Å²) in [4.78, 5) is 20.6. The maximum absolute atomic E-state index is 12.2. The lowest BCUT2D eigenvalue weighted by Crippen LogP contribution is -2.20. The van der Waals surface area contributed by atoms with Crippen LogP contribution in [0.5, 0.6) is 11.6 Å². The number of hydrogen-bond donors (Lipinski definition) is 1. The van der Waals surface area contributed by atoms with Gasteiger partial charge in [-0.1, -0.05) is 18.2 Å². The molecular formula is C23H23N3O3. The second-order valence-corrected chi connectivity index (χ2v) is 6.53. The summed E-state index contributed by atoms with van der Waals surface area (Å²) in [6, 6.07) is 16.8. The summed E-state index contributed by atoms with van der Waals surface area (Å²) in [6.45, 7) is 3.97. The average molecular weight is 389 g/mol. The van der Waals surface area contributed by atoms with Gasteiger partial charge in [0.1, 0.15) is 5.75 Å².